The molecule has 1 aliphatic carbocycles. The molecule has 0 saturated carbocycles. The number of ether oxygens (including phenoxy) is 3. The first-order valence-electron chi connectivity index (χ1n) is 5.46. The standard InChI is InChI=1S/C12H12O5/c13-11(14)8-2-1-3-9-10(8)17-12(16-9)4-6-15-7-5-12/h1,3-10H,2H2,(H,13,14). The van der Waals surface area contributed by atoms with E-state index in [0.29, 0.717) is 6.42 Å². The lowest BCUT2D eigenvalue weighted by Gasteiger charge is -2.24. The molecule has 3 atom stereocenters. The van der Waals surface area contributed by atoms with Gasteiger partial charge in [0.25, 0.3) is 0 Å². The number of allylic oxidation sites excluding steroid dienone is 1. The molecule has 2 heterocycles. The van der Waals surface area contributed by atoms with Gasteiger partial charge in [-0.15, -0.1) is 0 Å². The number of hydrogen-bond donors (Lipinski definition) is 1. The van der Waals surface area contributed by atoms with Gasteiger partial charge in [0.05, 0.1) is 18.4 Å². The molecule has 0 aromatic rings. The number of carboxylic acids is 1. The molecular formula is C12H12O5. The van der Waals surface area contributed by atoms with E-state index in [1.54, 1.807) is 12.2 Å². The third kappa shape index (κ3) is 1.67. The van der Waals surface area contributed by atoms with Crippen LogP contribution >= 0.6 is 0 Å². The highest BCUT2D eigenvalue weighted by molar-refractivity contribution is 5.71. The summed E-state index contributed by atoms with van der Waals surface area (Å²) in [5.74, 6) is -2.39. The molecule has 5 nitrogen and oxygen atoms in total. The summed E-state index contributed by atoms with van der Waals surface area (Å²) in [6.45, 7) is 0. The van der Waals surface area contributed by atoms with Gasteiger partial charge in [0.2, 0.25) is 5.79 Å². The second-order valence-electron chi connectivity index (χ2n) is 4.24. The van der Waals surface area contributed by atoms with Crippen molar-refractivity contribution in [1.29, 1.82) is 0 Å². The van der Waals surface area contributed by atoms with Crippen LogP contribution in [-0.4, -0.2) is 29.1 Å². The molecule has 0 aromatic heterocycles. The Hall–Kier alpha value is -1.59. The lowest BCUT2D eigenvalue weighted by Crippen LogP contribution is -2.37. The fourth-order valence-electron chi connectivity index (χ4n) is 2.31. The van der Waals surface area contributed by atoms with Gasteiger partial charge in [0, 0.05) is 12.2 Å². The topological polar surface area (TPSA) is 65.0 Å². The Morgan fingerprint density at radius 2 is 2.06 bits per heavy atom. The predicted molar refractivity (Wildman–Crippen MR) is 56.7 cm³/mol. The fourth-order valence-corrected chi connectivity index (χ4v) is 2.31. The smallest absolute Gasteiger partial charge is 0.309 e. The maximum absolute atomic E-state index is 11.1. The van der Waals surface area contributed by atoms with E-state index in [2.05, 4.69) is 0 Å². The van der Waals surface area contributed by atoms with Crippen LogP contribution in [0.1, 0.15) is 6.42 Å². The van der Waals surface area contributed by atoms with Crippen LogP contribution in [0.4, 0.5) is 0 Å². The summed E-state index contributed by atoms with van der Waals surface area (Å²) in [7, 11) is 0. The van der Waals surface area contributed by atoms with E-state index < -0.39 is 23.8 Å². The Kier molecular flexibility index (Phi) is 2.31. The zero-order valence-corrected chi connectivity index (χ0v) is 8.98. The van der Waals surface area contributed by atoms with Crippen LogP contribution in [0, 0.1) is 5.92 Å². The number of fused-ring (bicyclic) bond motifs is 1. The SMILES string of the molecule is O=C(O)C1CC=CC2OC3(C=COC=C3)OC21. The van der Waals surface area contributed by atoms with Crippen molar-refractivity contribution in [2.75, 3.05) is 0 Å². The van der Waals surface area contributed by atoms with Gasteiger partial charge in [-0.25, -0.2) is 0 Å². The monoisotopic (exact) mass is 236 g/mol. The molecule has 0 bridgehead atoms. The van der Waals surface area contributed by atoms with Crippen molar-refractivity contribution in [2.24, 2.45) is 5.92 Å². The summed E-state index contributed by atoms with van der Waals surface area (Å²) in [5.41, 5.74) is 0. The van der Waals surface area contributed by atoms with Crippen molar-refractivity contribution in [3.05, 3.63) is 36.8 Å². The van der Waals surface area contributed by atoms with Crippen molar-refractivity contribution >= 4 is 5.97 Å². The summed E-state index contributed by atoms with van der Waals surface area (Å²) in [6, 6.07) is 0. The van der Waals surface area contributed by atoms with E-state index in [-0.39, 0.29) is 6.10 Å². The Morgan fingerprint density at radius 3 is 2.76 bits per heavy atom. The fraction of sp³-hybridized carbons (Fsp3) is 0.417. The van der Waals surface area contributed by atoms with Crippen LogP contribution in [0.3, 0.4) is 0 Å². The summed E-state index contributed by atoms with van der Waals surface area (Å²) in [5, 5.41) is 9.14. The maximum Gasteiger partial charge on any atom is 0.309 e. The van der Waals surface area contributed by atoms with Crippen LogP contribution in [0.2, 0.25) is 0 Å². The highest BCUT2D eigenvalue weighted by atomic mass is 16.8. The quantitative estimate of drug-likeness (QED) is 0.693. The number of rotatable bonds is 1. The van der Waals surface area contributed by atoms with E-state index in [0.717, 1.165) is 0 Å². The predicted octanol–water partition coefficient (Wildman–Crippen LogP) is 1.19. The molecule has 3 aliphatic rings. The van der Waals surface area contributed by atoms with E-state index in [1.807, 2.05) is 12.2 Å². The third-order valence-corrected chi connectivity index (χ3v) is 3.15. The Bertz CT molecular complexity index is 411. The minimum Gasteiger partial charge on any atom is -0.481 e. The lowest BCUT2D eigenvalue weighted by atomic mass is 9.90. The van der Waals surface area contributed by atoms with Gasteiger partial charge in [-0.3, -0.25) is 4.79 Å². The minimum atomic E-state index is -0.976. The number of carbonyl (C=O) groups is 1. The number of aliphatic carboxylic acids is 1. The second-order valence-corrected chi connectivity index (χ2v) is 4.24. The molecule has 0 aromatic carbocycles. The van der Waals surface area contributed by atoms with E-state index in [9.17, 15) is 4.79 Å². The molecule has 1 spiro atoms. The van der Waals surface area contributed by atoms with E-state index in [1.165, 1.54) is 12.5 Å². The maximum atomic E-state index is 11.1. The van der Waals surface area contributed by atoms with Gasteiger partial charge >= 0.3 is 5.97 Å². The molecular weight excluding hydrogens is 224 g/mol. The largest absolute Gasteiger partial charge is 0.481 e. The van der Waals surface area contributed by atoms with Crippen molar-refractivity contribution in [1.82, 2.24) is 0 Å². The lowest BCUT2D eigenvalue weighted by molar-refractivity contribution is -0.149. The molecule has 1 N–H and O–H groups in total. The summed E-state index contributed by atoms with van der Waals surface area (Å²) in [4.78, 5) is 11.1. The zero-order valence-electron chi connectivity index (χ0n) is 8.98. The highest BCUT2D eigenvalue weighted by Gasteiger charge is 2.50. The first-order valence-corrected chi connectivity index (χ1v) is 5.46. The van der Waals surface area contributed by atoms with Gasteiger partial charge < -0.3 is 19.3 Å². The Balaban J connectivity index is 1.88. The molecule has 3 rings (SSSR count). The third-order valence-electron chi connectivity index (χ3n) is 3.15. The highest BCUT2D eigenvalue weighted by Crippen LogP contribution is 2.39. The number of carboxylic acid groups (broad SMARTS) is 1. The first-order chi connectivity index (χ1) is 8.20. The molecule has 2 aliphatic heterocycles. The molecule has 1 fully saturated rings. The molecule has 90 valence electrons. The summed E-state index contributed by atoms with van der Waals surface area (Å²) < 4.78 is 16.4. The molecule has 5 heteroatoms. The number of hydrogen-bond acceptors (Lipinski definition) is 4. The van der Waals surface area contributed by atoms with Gasteiger partial charge in [-0.05, 0) is 6.42 Å². The van der Waals surface area contributed by atoms with Gasteiger partial charge in [0.1, 0.15) is 12.2 Å². The van der Waals surface area contributed by atoms with E-state index in [4.69, 9.17) is 19.3 Å². The normalized spacial score (nSPS) is 36.8. The van der Waals surface area contributed by atoms with Gasteiger partial charge in [-0.2, -0.15) is 0 Å². The summed E-state index contributed by atoms with van der Waals surface area (Å²) >= 11 is 0. The average molecular weight is 236 g/mol. The second kappa shape index (κ2) is 3.72. The van der Waals surface area contributed by atoms with Crippen molar-refractivity contribution < 1.29 is 24.1 Å². The molecule has 3 unspecified atom stereocenters. The van der Waals surface area contributed by atoms with Crippen LogP contribution < -0.4 is 0 Å². The first kappa shape index (κ1) is 10.6. The molecule has 0 radical (unpaired) electrons. The van der Waals surface area contributed by atoms with Crippen LogP contribution in [-0.2, 0) is 19.0 Å². The van der Waals surface area contributed by atoms with Crippen molar-refractivity contribution in [2.45, 2.75) is 24.4 Å². The zero-order chi connectivity index (χ0) is 11.9. The molecule has 1 saturated heterocycles. The Labute approximate surface area is 98.0 Å². The Morgan fingerprint density at radius 1 is 1.29 bits per heavy atom. The van der Waals surface area contributed by atoms with Gasteiger partial charge in [-0.1, -0.05) is 12.2 Å². The van der Waals surface area contributed by atoms with Crippen LogP contribution in [0.5, 0.6) is 0 Å². The van der Waals surface area contributed by atoms with Crippen molar-refractivity contribution in [3.63, 3.8) is 0 Å². The van der Waals surface area contributed by atoms with Crippen LogP contribution in [0.25, 0.3) is 0 Å². The average Bonchev–Trinajstić information content (AvgIpc) is 2.66. The minimum absolute atomic E-state index is 0.322. The van der Waals surface area contributed by atoms with Crippen molar-refractivity contribution in [3.8, 4) is 0 Å². The molecule has 17 heavy (non-hydrogen) atoms. The molecule has 0 amide bonds. The van der Waals surface area contributed by atoms with Gasteiger partial charge in [0.15, 0.2) is 0 Å². The summed E-state index contributed by atoms with van der Waals surface area (Å²) in [6.07, 6.45) is 9.59. The van der Waals surface area contributed by atoms with Crippen LogP contribution in [0.15, 0.2) is 36.8 Å². The van der Waals surface area contributed by atoms with E-state index >= 15 is 0 Å².